The van der Waals surface area contributed by atoms with Gasteiger partial charge in [0.25, 0.3) is 0 Å². The van der Waals surface area contributed by atoms with Gasteiger partial charge >= 0.3 is 0 Å². The number of benzene rings is 1. The second-order valence-corrected chi connectivity index (χ2v) is 5.10. The molecule has 0 radical (unpaired) electrons. The second-order valence-electron chi connectivity index (χ2n) is 4.24. The van der Waals surface area contributed by atoms with E-state index in [1.807, 2.05) is 18.2 Å². The molecule has 1 aromatic carbocycles. The molecular formula is C12H19BrN2O. The minimum Gasteiger partial charge on any atom is -0.496 e. The lowest BCUT2D eigenvalue weighted by Crippen LogP contribution is -2.29. The van der Waals surface area contributed by atoms with Crippen molar-refractivity contribution in [2.75, 3.05) is 7.11 Å². The number of ether oxygens (including phenoxy) is 1. The van der Waals surface area contributed by atoms with Gasteiger partial charge in [-0.15, -0.1) is 0 Å². The normalized spacial score (nSPS) is 12.9. The molecule has 3 N–H and O–H groups in total. The van der Waals surface area contributed by atoms with E-state index in [-0.39, 0.29) is 6.04 Å². The van der Waals surface area contributed by atoms with E-state index < -0.39 is 0 Å². The fourth-order valence-corrected chi connectivity index (χ4v) is 2.23. The van der Waals surface area contributed by atoms with Crippen molar-refractivity contribution in [1.29, 1.82) is 0 Å². The van der Waals surface area contributed by atoms with Gasteiger partial charge in [-0.2, -0.15) is 0 Å². The van der Waals surface area contributed by atoms with Gasteiger partial charge in [0.1, 0.15) is 5.75 Å². The van der Waals surface area contributed by atoms with Crippen LogP contribution in [0.5, 0.6) is 5.75 Å². The molecule has 0 aliphatic carbocycles. The van der Waals surface area contributed by atoms with Crippen molar-refractivity contribution < 1.29 is 4.74 Å². The van der Waals surface area contributed by atoms with Gasteiger partial charge in [0.15, 0.2) is 0 Å². The Kier molecular flexibility index (Phi) is 5.25. The number of rotatable bonds is 5. The highest BCUT2D eigenvalue weighted by atomic mass is 79.9. The molecule has 0 saturated carbocycles. The summed E-state index contributed by atoms with van der Waals surface area (Å²) in [5.74, 6) is 7.01. The Bertz CT molecular complexity index is 342. The van der Waals surface area contributed by atoms with Crippen molar-refractivity contribution in [3.63, 3.8) is 0 Å². The fourth-order valence-electron chi connectivity index (χ4n) is 1.67. The van der Waals surface area contributed by atoms with Crippen LogP contribution in [-0.2, 0) is 0 Å². The molecule has 1 atom stereocenters. The maximum Gasteiger partial charge on any atom is 0.133 e. The van der Waals surface area contributed by atoms with Crippen LogP contribution in [0.25, 0.3) is 0 Å². The smallest absolute Gasteiger partial charge is 0.133 e. The predicted octanol–water partition coefficient (Wildman–Crippen LogP) is 3.01. The largest absolute Gasteiger partial charge is 0.496 e. The number of nitrogens with one attached hydrogen (secondary N) is 1. The molecule has 0 amide bonds. The highest BCUT2D eigenvalue weighted by Gasteiger charge is 2.13. The zero-order valence-corrected chi connectivity index (χ0v) is 11.5. The lowest BCUT2D eigenvalue weighted by atomic mass is 9.97. The molecule has 0 aromatic heterocycles. The lowest BCUT2D eigenvalue weighted by Gasteiger charge is -2.19. The fraction of sp³-hybridized carbons (Fsp3) is 0.500. The zero-order chi connectivity index (χ0) is 12.1. The van der Waals surface area contributed by atoms with E-state index in [2.05, 4.69) is 35.2 Å². The quantitative estimate of drug-likeness (QED) is 0.646. The first kappa shape index (κ1) is 13.5. The van der Waals surface area contributed by atoms with Gasteiger partial charge < -0.3 is 4.74 Å². The summed E-state index contributed by atoms with van der Waals surface area (Å²) in [6.07, 6.45) is 1.01. The Morgan fingerprint density at radius 2 is 2.12 bits per heavy atom. The monoisotopic (exact) mass is 286 g/mol. The molecule has 16 heavy (non-hydrogen) atoms. The summed E-state index contributed by atoms with van der Waals surface area (Å²) in [7, 11) is 1.66. The molecule has 0 fully saturated rings. The van der Waals surface area contributed by atoms with Crippen LogP contribution < -0.4 is 16.0 Å². The number of hydrazine groups is 1. The number of halogens is 1. The van der Waals surface area contributed by atoms with Crippen LogP contribution in [0.3, 0.4) is 0 Å². The topological polar surface area (TPSA) is 47.3 Å². The van der Waals surface area contributed by atoms with Gasteiger partial charge in [0.2, 0.25) is 0 Å². The molecular weight excluding hydrogens is 268 g/mol. The second kappa shape index (κ2) is 6.23. The summed E-state index contributed by atoms with van der Waals surface area (Å²) in [6, 6.07) is 6.22. The first-order valence-electron chi connectivity index (χ1n) is 5.38. The van der Waals surface area contributed by atoms with Crippen molar-refractivity contribution in [2.45, 2.75) is 26.3 Å². The molecule has 1 aromatic rings. The molecule has 1 rings (SSSR count). The summed E-state index contributed by atoms with van der Waals surface area (Å²) >= 11 is 3.48. The maximum absolute atomic E-state index is 5.58. The predicted molar refractivity (Wildman–Crippen MR) is 70.2 cm³/mol. The van der Waals surface area contributed by atoms with Crippen LogP contribution in [0.4, 0.5) is 0 Å². The molecule has 0 aliphatic heterocycles. The van der Waals surface area contributed by atoms with Crippen molar-refractivity contribution in [1.82, 2.24) is 5.43 Å². The zero-order valence-electron chi connectivity index (χ0n) is 9.96. The lowest BCUT2D eigenvalue weighted by molar-refractivity contribution is 0.410. The van der Waals surface area contributed by atoms with Crippen LogP contribution in [0.1, 0.15) is 31.9 Å². The van der Waals surface area contributed by atoms with Gasteiger partial charge in [0, 0.05) is 6.04 Å². The number of hydrogen-bond acceptors (Lipinski definition) is 3. The van der Waals surface area contributed by atoms with Crippen LogP contribution in [0.15, 0.2) is 22.7 Å². The molecule has 3 nitrogen and oxygen atoms in total. The minimum absolute atomic E-state index is 0.183. The third kappa shape index (κ3) is 3.47. The van der Waals surface area contributed by atoms with Gasteiger partial charge in [0.05, 0.1) is 11.6 Å². The van der Waals surface area contributed by atoms with Crippen LogP contribution in [0.2, 0.25) is 0 Å². The van der Waals surface area contributed by atoms with E-state index in [4.69, 9.17) is 10.6 Å². The van der Waals surface area contributed by atoms with E-state index in [9.17, 15) is 0 Å². The highest BCUT2D eigenvalue weighted by Crippen LogP contribution is 2.29. The molecule has 4 heteroatoms. The number of methoxy groups -OCH3 is 1. The number of nitrogens with two attached hydrogens (primary N) is 1. The minimum atomic E-state index is 0.183. The first-order valence-corrected chi connectivity index (χ1v) is 6.17. The Morgan fingerprint density at radius 1 is 1.44 bits per heavy atom. The Labute approximate surface area is 105 Å². The molecule has 0 bridgehead atoms. The van der Waals surface area contributed by atoms with E-state index in [0.717, 1.165) is 16.6 Å². The van der Waals surface area contributed by atoms with Gasteiger partial charge in [-0.05, 0) is 46.0 Å². The van der Waals surface area contributed by atoms with Crippen molar-refractivity contribution in [3.05, 3.63) is 28.2 Å². The molecule has 0 aliphatic rings. The Balaban J connectivity index is 2.89. The molecule has 0 spiro atoms. The SMILES string of the molecule is COc1ccc(C(CC(C)C)NN)cc1Br. The van der Waals surface area contributed by atoms with E-state index in [0.29, 0.717) is 5.92 Å². The average Bonchev–Trinajstić information content (AvgIpc) is 2.25. The van der Waals surface area contributed by atoms with Crippen LogP contribution >= 0.6 is 15.9 Å². The summed E-state index contributed by atoms with van der Waals surface area (Å²) in [6.45, 7) is 4.37. The Morgan fingerprint density at radius 3 is 2.56 bits per heavy atom. The van der Waals surface area contributed by atoms with Crippen molar-refractivity contribution in [3.8, 4) is 5.75 Å². The van der Waals surface area contributed by atoms with Crippen molar-refractivity contribution in [2.24, 2.45) is 11.8 Å². The van der Waals surface area contributed by atoms with Crippen LogP contribution in [-0.4, -0.2) is 7.11 Å². The highest BCUT2D eigenvalue weighted by molar-refractivity contribution is 9.10. The molecule has 90 valence electrons. The third-order valence-electron chi connectivity index (χ3n) is 2.49. The summed E-state index contributed by atoms with van der Waals surface area (Å²) in [4.78, 5) is 0. The van der Waals surface area contributed by atoms with Crippen LogP contribution in [0, 0.1) is 5.92 Å². The van der Waals surface area contributed by atoms with Crippen molar-refractivity contribution >= 4 is 15.9 Å². The van der Waals surface area contributed by atoms with E-state index in [1.54, 1.807) is 7.11 Å². The standard InChI is InChI=1S/C12H19BrN2O/c1-8(2)6-11(15-14)9-4-5-12(16-3)10(13)7-9/h4-5,7-8,11,15H,6,14H2,1-3H3. The average molecular weight is 287 g/mol. The van der Waals surface area contributed by atoms with E-state index in [1.165, 1.54) is 5.56 Å². The maximum atomic E-state index is 5.58. The molecule has 1 unspecified atom stereocenters. The number of hydrogen-bond donors (Lipinski definition) is 2. The summed E-state index contributed by atoms with van der Waals surface area (Å²) in [5.41, 5.74) is 4.02. The summed E-state index contributed by atoms with van der Waals surface area (Å²) < 4.78 is 6.15. The van der Waals surface area contributed by atoms with Gasteiger partial charge in [-0.3, -0.25) is 11.3 Å². The Hall–Kier alpha value is -0.580. The van der Waals surface area contributed by atoms with Gasteiger partial charge in [-0.1, -0.05) is 19.9 Å². The van der Waals surface area contributed by atoms with E-state index >= 15 is 0 Å². The third-order valence-corrected chi connectivity index (χ3v) is 3.11. The first-order chi connectivity index (χ1) is 7.58. The summed E-state index contributed by atoms with van der Waals surface area (Å²) in [5, 5.41) is 0. The van der Waals surface area contributed by atoms with Gasteiger partial charge in [-0.25, -0.2) is 0 Å². The molecule has 0 heterocycles. The molecule has 0 saturated heterocycles.